The van der Waals surface area contributed by atoms with Crippen molar-refractivity contribution in [3.8, 4) is 5.75 Å². The number of imidazole rings is 1. The molecule has 0 atom stereocenters. The van der Waals surface area contributed by atoms with Gasteiger partial charge in [-0.15, -0.1) is 0 Å². The number of hydrogen-bond acceptors (Lipinski definition) is 6. The molecule has 3 rings (SSSR count). The van der Waals surface area contributed by atoms with Crippen LogP contribution >= 0.6 is 11.6 Å². The van der Waals surface area contributed by atoms with Gasteiger partial charge >= 0.3 is 0 Å². The predicted octanol–water partition coefficient (Wildman–Crippen LogP) is 2.92. The predicted molar refractivity (Wildman–Crippen MR) is 131 cm³/mol. The lowest BCUT2D eigenvalue weighted by atomic mass is 9.86. The lowest BCUT2D eigenvalue weighted by Gasteiger charge is -2.38. The zero-order valence-electron chi connectivity index (χ0n) is 20.0. The van der Waals surface area contributed by atoms with Crippen LogP contribution in [0.1, 0.15) is 42.6 Å². The van der Waals surface area contributed by atoms with Gasteiger partial charge in [0.2, 0.25) is 5.91 Å². The van der Waals surface area contributed by atoms with E-state index in [1.165, 1.54) is 18.3 Å². The van der Waals surface area contributed by atoms with Gasteiger partial charge in [-0.3, -0.25) is 9.59 Å². The second kappa shape index (κ2) is 10.5. The van der Waals surface area contributed by atoms with Gasteiger partial charge in [0.1, 0.15) is 17.3 Å². The third kappa shape index (κ3) is 5.71. The number of aromatic nitrogens is 2. The Hall–Kier alpha value is -3.04. The van der Waals surface area contributed by atoms with E-state index < -0.39 is 0 Å². The molecule has 0 aliphatic carbocycles. The number of likely N-dealkylation sites (tertiary alicyclic amines) is 1. The lowest BCUT2D eigenvalue weighted by Crippen LogP contribution is -2.60. The number of nitrogens with one attached hydrogen (secondary N) is 2. The first-order chi connectivity index (χ1) is 16.0. The van der Waals surface area contributed by atoms with Crippen molar-refractivity contribution in [3.05, 3.63) is 53.1 Å². The van der Waals surface area contributed by atoms with Crippen molar-refractivity contribution >= 4 is 29.1 Å². The molecule has 0 radical (unpaired) electrons. The summed E-state index contributed by atoms with van der Waals surface area (Å²) in [6.07, 6.45) is 2.79. The van der Waals surface area contributed by atoms with Crippen molar-refractivity contribution < 1.29 is 19.4 Å². The summed E-state index contributed by atoms with van der Waals surface area (Å²) in [5, 5.41) is 17.0. The number of phenolic OH excluding ortho intramolecular Hbond substituents is 1. The highest BCUT2D eigenvalue weighted by Gasteiger charge is 2.31. The second-order valence-corrected chi connectivity index (χ2v) is 9.68. The molecule has 1 aliphatic rings. The molecule has 1 fully saturated rings. The fourth-order valence-corrected chi connectivity index (χ4v) is 4.20. The van der Waals surface area contributed by atoms with Crippen molar-refractivity contribution in [1.82, 2.24) is 19.8 Å². The number of nitrogens with zero attached hydrogens (tertiary/aromatic N) is 3. The van der Waals surface area contributed by atoms with E-state index in [0.717, 1.165) is 5.56 Å². The molecule has 2 heterocycles. The van der Waals surface area contributed by atoms with Crippen molar-refractivity contribution in [2.24, 2.45) is 0 Å². The molecule has 0 spiro atoms. The van der Waals surface area contributed by atoms with Crippen LogP contribution in [-0.4, -0.2) is 64.2 Å². The third-order valence-corrected chi connectivity index (χ3v) is 6.04. The van der Waals surface area contributed by atoms with Gasteiger partial charge in [-0.2, -0.15) is 0 Å². The number of halogens is 1. The third-order valence-electron chi connectivity index (χ3n) is 5.72. The minimum atomic E-state index is -0.269. The Kier molecular flexibility index (Phi) is 7.89. The highest BCUT2D eigenvalue weighted by atomic mass is 35.5. The number of amides is 2. The maximum absolute atomic E-state index is 12.9. The van der Waals surface area contributed by atoms with Gasteiger partial charge in [0.25, 0.3) is 5.91 Å². The van der Waals surface area contributed by atoms with E-state index in [1.54, 1.807) is 16.6 Å². The summed E-state index contributed by atoms with van der Waals surface area (Å²) in [5.41, 5.74) is 1.64. The minimum Gasteiger partial charge on any atom is -0.506 e. The first-order valence-corrected chi connectivity index (χ1v) is 11.4. The van der Waals surface area contributed by atoms with E-state index >= 15 is 0 Å². The molecule has 10 heteroatoms. The summed E-state index contributed by atoms with van der Waals surface area (Å²) in [7, 11) is 1.59. The van der Waals surface area contributed by atoms with E-state index in [-0.39, 0.29) is 35.6 Å². The molecule has 1 aliphatic heterocycles. The molecule has 1 saturated heterocycles. The Morgan fingerprint density at radius 2 is 2.06 bits per heavy atom. The Morgan fingerprint density at radius 1 is 1.35 bits per heavy atom. The fraction of sp³-hybridized carbons (Fsp3) is 0.458. The average Bonchev–Trinajstić information content (AvgIpc) is 3.15. The standard InChI is InChI=1S/C24H32ClN5O4/c1-6-22(32)29-13-15(14-29)28-23(33)19-11-27-21(30(19)7-8-34-5)12-26-18-9-16(24(2,3)4)17(25)10-20(18)31/h6,9-11,15,26,31H,1,7-8,12-14H2,2-5H3,(H,28,33). The molecule has 9 nitrogen and oxygen atoms in total. The number of anilines is 1. The molecule has 1 aromatic carbocycles. The monoisotopic (exact) mass is 489 g/mol. The molecule has 1 aromatic heterocycles. The molecule has 0 unspecified atom stereocenters. The normalized spacial score (nSPS) is 14.0. The number of hydrogen-bond donors (Lipinski definition) is 3. The summed E-state index contributed by atoms with van der Waals surface area (Å²) < 4.78 is 7.00. The smallest absolute Gasteiger partial charge is 0.269 e. The van der Waals surface area contributed by atoms with Gasteiger partial charge in [-0.05, 0) is 23.1 Å². The van der Waals surface area contributed by atoms with Crippen LogP contribution in [0.2, 0.25) is 5.02 Å². The van der Waals surface area contributed by atoms with Crippen molar-refractivity contribution in [1.29, 1.82) is 0 Å². The quantitative estimate of drug-likeness (QED) is 0.369. The van der Waals surface area contributed by atoms with Gasteiger partial charge in [0.15, 0.2) is 0 Å². The maximum Gasteiger partial charge on any atom is 0.269 e. The Bertz CT molecular complexity index is 1070. The van der Waals surface area contributed by atoms with Gasteiger partial charge in [-0.1, -0.05) is 39.0 Å². The number of carbonyl (C=O) groups excluding carboxylic acids is 2. The zero-order valence-corrected chi connectivity index (χ0v) is 20.8. The van der Waals surface area contributed by atoms with Crippen LogP contribution in [0, 0.1) is 0 Å². The number of phenols is 1. The van der Waals surface area contributed by atoms with E-state index in [2.05, 4.69) is 22.2 Å². The number of aromatic hydroxyl groups is 1. The van der Waals surface area contributed by atoms with Gasteiger partial charge in [-0.25, -0.2) is 4.98 Å². The van der Waals surface area contributed by atoms with Gasteiger partial charge in [0.05, 0.1) is 31.1 Å². The van der Waals surface area contributed by atoms with E-state index in [0.29, 0.717) is 48.5 Å². The molecule has 34 heavy (non-hydrogen) atoms. The number of carbonyl (C=O) groups is 2. The maximum atomic E-state index is 12.9. The van der Waals surface area contributed by atoms with Gasteiger partial charge < -0.3 is 29.9 Å². The first-order valence-electron chi connectivity index (χ1n) is 11.1. The van der Waals surface area contributed by atoms with Crippen molar-refractivity contribution in [2.75, 3.05) is 32.1 Å². The van der Waals surface area contributed by atoms with E-state index in [1.807, 2.05) is 26.8 Å². The minimum absolute atomic E-state index is 0.0366. The molecule has 0 saturated carbocycles. The van der Waals surface area contributed by atoms with Crippen LogP contribution in [0.25, 0.3) is 0 Å². The molecule has 2 aromatic rings. The molecular formula is C24H32ClN5O4. The molecule has 2 amide bonds. The zero-order chi connectivity index (χ0) is 25.0. The van der Waals surface area contributed by atoms with Crippen LogP contribution < -0.4 is 10.6 Å². The van der Waals surface area contributed by atoms with Crippen LogP contribution in [0.5, 0.6) is 5.75 Å². The first kappa shape index (κ1) is 25.6. The SMILES string of the molecule is C=CC(=O)N1CC(NC(=O)c2cnc(CNc3cc(C(C)(C)C)c(Cl)cc3O)n2CCOC)C1. The lowest BCUT2D eigenvalue weighted by molar-refractivity contribution is -0.130. The summed E-state index contributed by atoms with van der Waals surface area (Å²) in [6, 6.07) is 3.24. The summed E-state index contributed by atoms with van der Waals surface area (Å²) >= 11 is 6.33. The van der Waals surface area contributed by atoms with Crippen LogP contribution in [0.4, 0.5) is 5.69 Å². The molecule has 0 bridgehead atoms. The molecule has 184 valence electrons. The Labute approximate surface area is 204 Å². The number of benzene rings is 1. The number of rotatable bonds is 9. The van der Waals surface area contributed by atoms with Crippen molar-refractivity contribution in [2.45, 2.75) is 45.3 Å². The van der Waals surface area contributed by atoms with Crippen LogP contribution in [-0.2, 0) is 28.0 Å². The Balaban J connectivity index is 1.74. The number of methoxy groups -OCH3 is 1. The largest absolute Gasteiger partial charge is 0.506 e. The van der Waals surface area contributed by atoms with Crippen molar-refractivity contribution in [3.63, 3.8) is 0 Å². The fourth-order valence-electron chi connectivity index (χ4n) is 3.76. The Morgan fingerprint density at radius 3 is 2.68 bits per heavy atom. The summed E-state index contributed by atoms with van der Waals surface area (Å²) in [5.74, 6) is 0.236. The molecular weight excluding hydrogens is 458 g/mol. The molecule has 3 N–H and O–H groups in total. The van der Waals surface area contributed by atoms with Crippen LogP contribution in [0.3, 0.4) is 0 Å². The van der Waals surface area contributed by atoms with Gasteiger partial charge in [0, 0.05) is 37.8 Å². The van der Waals surface area contributed by atoms with E-state index in [4.69, 9.17) is 16.3 Å². The highest BCUT2D eigenvalue weighted by Crippen LogP contribution is 2.37. The topological polar surface area (TPSA) is 109 Å². The second-order valence-electron chi connectivity index (χ2n) is 9.27. The van der Waals surface area contributed by atoms with E-state index in [9.17, 15) is 14.7 Å². The average molecular weight is 490 g/mol. The number of ether oxygens (including phenoxy) is 1. The summed E-state index contributed by atoms with van der Waals surface area (Å²) in [6.45, 7) is 11.6. The summed E-state index contributed by atoms with van der Waals surface area (Å²) in [4.78, 5) is 30.6. The van der Waals surface area contributed by atoms with Crippen LogP contribution in [0.15, 0.2) is 31.0 Å². The highest BCUT2D eigenvalue weighted by molar-refractivity contribution is 6.31.